The van der Waals surface area contributed by atoms with Gasteiger partial charge in [-0.2, -0.15) is 0 Å². The molecule has 0 aliphatic heterocycles. The average Bonchev–Trinajstić information content (AvgIpc) is 3.00. The molecular weight excluding hydrogens is 536 g/mol. The van der Waals surface area contributed by atoms with Gasteiger partial charge in [-0.15, -0.1) is 0 Å². The molecule has 0 N–H and O–H groups in total. The fraction of sp³-hybridized carbons (Fsp3) is 0.842. The number of allylic oxidation sites excluding steroid dienone is 4. The van der Waals surface area contributed by atoms with Gasteiger partial charge in [0, 0.05) is 0 Å². The molecule has 0 radical (unpaired) electrons. The zero-order valence-electron chi connectivity index (χ0n) is 28.6. The summed E-state index contributed by atoms with van der Waals surface area (Å²) in [5.74, 6) is 0. The first kappa shape index (κ1) is 41.2. The highest BCUT2D eigenvalue weighted by molar-refractivity contribution is 5.76. The van der Waals surface area contributed by atoms with Crippen LogP contribution in [0.1, 0.15) is 194 Å². The van der Waals surface area contributed by atoms with Crippen LogP contribution in [0.4, 0.5) is 9.59 Å². The Bertz CT molecular complexity index is 588. The lowest BCUT2D eigenvalue weighted by Gasteiger charge is -2.06. The first-order valence-electron chi connectivity index (χ1n) is 18.5. The van der Waals surface area contributed by atoms with E-state index < -0.39 is 12.3 Å². The molecule has 0 spiro atoms. The van der Waals surface area contributed by atoms with E-state index in [-0.39, 0.29) is 13.2 Å². The topological polar surface area (TPSA) is 61.8 Å². The van der Waals surface area contributed by atoms with Crippen molar-refractivity contribution in [3.63, 3.8) is 0 Å². The van der Waals surface area contributed by atoms with Crippen LogP contribution < -0.4 is 0 Å². The third-order valence-corrected chi connectivity index (χ3v) is 7.92. The van der Waals surface area contributed by atoms with Crippen molar-refractivity contribution in [1.82, 2.24) is 0 Å². The van der Waals surface area contributed by atoms with E-state index in [0.29, 0.717) is 0 Å². The van der Waals surface area contributed by atoms with Gasteiger partial charge >= 0.3 is 12.3 Å². The fourth-order valence-electron chi connectivity index (χ4n) is 5.14. The number of rotatable bonds is 32. The molecule has 0 aromatic carbocycles. The third-order valence-electron chi connectivity index (χ3n) is 7.92. The van der Waals surface area contributed by atoms with Crippen LogP contribution in [0, 0.1) is 0 Å². The van der Waals surface area contributed by atoms with Gasteiger partial charge in [0.1, 0.15) is 0 Å². The van der Waals surface area contributed by atoms with Crippen LogP contribution in [0.5, 0.6) is 0 Å². The number of carbonyl (C=O) groups excluding carboxylic acids is 2. The van der Waals surface area contributed by atoms with Crippen molar-refractivity contribution in [2.75, 3.05) is 13.2 Å². The SMILES string of the molecule is CCCCCCCCC=CCCCCCCCCOC(=O)OC(=O)OCCCCCCCCC=CCCCCCCCC. The molecule has 5 heteroatoms. The van der Waals surface area contributed by atoms with Crippen LogP contribution in [-0.4, -0.2) is 25.5 Å². The van der Waals surface area contributed by atoms with E-state index in [1.165, 1.54) is 141 Å². The molecule has 0 amide bonds. The van der Waals surface area contributed by atoms with Crippen LogP contribution in [0.3, 0.4) is 0 Å². The summed E-state index contributed by atoms with van der Waals surface area (Å²) >= 11 is 0. The van der Waals surface area contributed by atoms with Gasteiger partial charge in [0.25, 0.3) is 0 Å². The molecule has 252 valence electrons. The normalized spacial score (nSPS) is 11.5. The molecule has 0 saturated carbocycles. The second-order valence-corrected chi connectivity index (χ2v) is 12.2. The maximum Gasteiger partial charge on any atom is 0.518 e. The van der Waals surface area contributed by atoms with E-state index in [9.17, 15) is 9.59 Å². The highest BCUT2D eigenvalue weighted by Crippen LogP contribution is 2.12. The summed E-state index contributed by atoms with van der Waals surface area (Å²) in [5, 5.41) is 0. The summed E-state index contributed by atoms with van der Waals surface area (Å²) in [6.45, 7) is 5.09. The van der Waals surface area contributed by atoms with E-state index in [4.69, 9.17) is 9.47 Å². The van der Waals surface area contributed by atoms with Gasteiger partial charge in [-0.25, -0.2) is 9.59 Å². The monoisotopic (exact) mass is 607 g/mol. The number of hydrogen-bond donors (Lipinski definition) is 0. The quantitative estimate of drug-likeness (QED) is 0.0330. The van der Waals surface area contributed by atoms with Gasteiger partial charge in [-0.1, -0.05) is 154 Å². The Morgan fingerprint density at radius 2 is 0.628 bits per heavy atom. The number of ether oxygens (including phenoxy) is 3. The van der Waals surface area contributed by atoms with Gasteiger partial charge in [-0.3, -0.25) is 0 Å². The Hall–Kier alpha value is -1.78. The molecule has 0 rings (SSSR count). The Labute approximate surface area is 267 Å². The standard InChI is InChI=1S/C38H70O5/c1-3-5-7-9-11-13-15-17-19-21-23-25-27-29-31-33-35-41-37(39)43-38(40)42-36-34-32-30-28-26-24-22-20-18-16-14-12-10-8-6-4-2/h17-20H,3-16,21-36H2,1-2H3. The summed E-state index contributed by atoms with van der Waals surface area (Å²) < 4.78 is 14.6. The largest absolute Gasteiger partial charge is 0.518 e. The van der Waals surface area contributed by atoms with Gasteiger partial charge in [-0.05, 0) is 64.2 Å². The molecule has 0 aromatic rings. The minimum Gasteiger partial charge on any atom is -0.434 e. The molecule has 0 saturated heterocycles. The molecule has 0 bridgehead atoms. The van der Waals surface area contributed by atoms with E-state index in [1.54, 1.807) is 0 Å². The molecule has 0 aliphatic carbocycles. The summed E-state index contributed by atoms with van der Waals surface area (Å²) in [7, 11) is 0. The Morgan fingerprint density at radius 1 is 0.372 bits per heavy atom. The van der Waals surface area contributed by atoms with Crippen molar-refractivity contribution in [1.29, 1.82) is 0 Å². The van der Waals surface area contributed by atoms with Gasteiger partial charge < -0.3 is 14.2 Å². The zero-order chi connectivity index (χ0) is 31.3. The van der Waals surface area contributed by atoms with Crippen molar-refractivity contribution in [3.8, 4) is 0 Å². The maximum absolute atomic E-state index is 11.6. The Kier molecular flexibility index (Phi) is 34.9. The minimum atomic E-state index is -0.959. The van der Waals surface area contributed by atoms with E-state index in [0.717, 1.165) is 38.5 Å². The summed E-state index contributed by atoms with van der Waals surface area (Å²) in [6.07, 6.45) is 41.9. The first-order chi connectivity index (χ1) is 21.2. The molecule has 0 heterocycles. The second kappa shape index (κ2) is 36.4. The predicted octanol–water partition coefficient (Wildman–Crippen LogP) is 13.4. The Balaban J connectivity index is 3.34. The molecule has 0 aromatic heterocycles. The van der Waals surface area contributed by atoms with Crippen LogP contribution in [0.2, 0.25) is 0 Å². The lowest BCUT2D eigenvalue weighted by atomic mass is 10.1. The molecule has 0 aliphatic rings. The number of hydrogen-bond acceptors (Lipinski definition) is 5. The van der Waals surface area contributed by atoms with Gasteiger partial charge in [0.05, 0.1) is 13.2 Å². The lowest BCUT2D eigenvalue weighted by Crippen LogP contribution is -2.16. The van der Waals surface area contributed by atoms with Gasteiger partial charge in [0.2, 0.25) is 0 Å². The maximum atomic E-state index is 11.6. The molecule has 43 heavy (non-hydrogen) atoms. The third kappa shape index (κ3) is 36.3. The van der Waals surface area contributed by atoms with Crippen molar-refractivity contribution in [2.45, 2.75) is 194 Å². The number of carbonyl (C=O) groups is 2. The minimum absolute atomic E-state index is 0.280. The molecule has 0 atom stereocenters. The summed E-state index contributed by atoms with van der Waals surface area (Å²) in [6, 6.07) is 0. The lowest BCUT2D eigenvalue weighted by molar-refractivity contribution is 0.0353. The van der Waals surface area contributed by atoms with Crippen LogP contribution >= 0.6 is 0 Å². The van der Waals surface area contributed by atoms with E-state index >= 15 is 0 Å². The van der Waals surface area contributed by atoms with Crippen LogP contribution in [0.25, 0.3) is 0 Å². The number of unbranched alkanes of at least 4 members (excludes halogenated alkanes) is 24. The summed E-state index contributed by atoms with van der Waals surface area (Å²) in [4.78, 5) is 23.3. The van der Waals surface area contributed by atoms with Crippen LogP contribution in [-0.2, 0) is 14.2 Å². The molecule has 5 nitrogen and oxygen atoms in total. The van der Waals surface area contributed by atoms with Crippen molar-refractivity contribution in [2.24, 2.45) is 0 Å². The first-order valence-corrected chi connectivity index (χ1v) is 18.5. The average molecular weight is 607 g/mol. The van der Waals surface area contributed by atoms with Crippen molar-refractivity contribution >= 4 is 12.3 Å². The second-order valence-electron chi connectivity index (χ2n) is 12.2. The smallest absolute Gasteiger partial charge is 0.434 e. The molecule has 0 fully saturated rings. The van der Waals surface area contributed by atoms with Crippen molar-refractivity contribution < 1.29 is 23.8 Å². The highest BCUT2D eigenvalue weighted by Gasteiger charge is 2.12. The van der Waals surface area contributed by atoms with E-state index in [1.807, 2.05) is 0 Å². The zero-order valence-corrected chi connectivity index (χ0v) is 28.6. The predicted molar refractivity (Wildman–Crippen MR) is 183 cm³/mol. The van der Waals surface area contributed by atoms with E-state index in [2.05, 4.69) is 42.9 Å². The van der Waals surface area contributed by atoms with Gasteiger partial charge in [0.15, 0.2) is 0 Å². The fourth-order valence-corrected chi connectivity index (χ4v) is 5.14. The molecule has 0 unspecified atom stereocenters. The Morgan fingerprint density at radius 3 is 0.930 bits per heavy atom. The molecular formula is C38H70O5. The van der Waals surface area contributed by atoms with Crippen molar-refractivity contribution in [3.05, 3.63) is 24.3 Å². The highest BCUT2D eigenvalue weighted by atomic mass is 16.8. The van der Waals surface area contributed by atoms with Crippen LogP contribution in [0.15, 0.2) is 24.3 Å². The summed E-state index contributed by atoms with van der Waals surface area (Å²) in [5.41, 5.74) is 0.